The van der Waals surface area contributed by atoms with Crippen LogP contribution in [-0.4, -0.2) is 36.5 Å². The molecule has 1 heterocycles. The Morgan fingerprint density at radius 2 is 1.80 bits per heavy atom. The number of hydrogen-bond acceptors (Lipinski definition) is 3. The number of carboxylic acids is 1. The third kappa shape index (κ3) is 5.06. The van der Waals surface area contributed by atoms with Crippen LogP contribution >= 0.6 is 0 Å². The van der Waals surface area contributed by atoms with E-state index in [4.69, 9.17) is 14.6 Å². The Morgan fingerprint density at radius 1 is 1.15 bits per heavy atom. The average molecular weight is 284 g/mol. The molecule has 1 aliphatic heterocycles. The van der Waals surface area contributed by atoms with Crippen molar-refractivity contribution in [2.45, 2.75) is 69.8 Å². The van der Waals surface area contributed by atoms with E-state index in [2.05, 4.69) is 0 Å². The summed E-state index contributed by atoms with van der Waals surface area (Å²) in [6.07, 6.45) is 12.2. The highest BCUT2D eigenvalue weighted by Crippen LogP contribution is 2.32. The Morgan fingerprint density at radius 3 is 2.40 bits per heavy atom. The van der Waals surface area contributed by atoms with Crippen molar-refractivity contribution >= 4 is 5.97 Å². The van der Waals surface area contributed by atoms with E-state index >= 15 is 0 Å². The minimum Gasteiger partial charge on any atom is -0.479 e. The number of carboxylic acid groups (broad SMARTS) is 1. The predicted molar refractivity (Wildman–Crippen MR) is 76.8 cm³/mol. The molecule has 1 saturated heterocycles. The molecule has 1 unspecified atom stereocenters. The number of hydrogen-bond donors (Lipinski definition) is 1. The zero-order chi connectivity index (χ0) is 14.3. The topological polar surface area (TPSA) is 59.1 Å². The van der Waals surface area contributed by atoms with Crippen LogP contribution in [0.2, 0.25) is 0 Å². The first-order chi connectivity index (χ1) is 9.73. The number of ether oxygens (including phenoxy) is 2. The van der Waals surface area contributed by atoms with E-state index < -0.39 is 11.6 Å². The minimum absolute atomic E-state index is 0.365. The lowest BCUT2D eigenvalue weighted by molar-refractivity contribution is -0.143. The molecule has 1 N–H and O–H groups in total. The summed E-state index contributed by atoms with van der Waals surface area (Å²) in [6, 6.07) is 0. The molecule has 0 aromatic rings. The Hall–Kier alpha value is -0.610. The first-order valence-electron chi connectivity index (χ1n) is 8.18. The van der Waals surface area contributed by atoms with Crippen LogP contribution in [0.25, 0.3) is 0 Å². The number of rotatable bonds is 9. The van der Waals surface area contributed by atoms with Gasteiger partial charge in [0.25, 0.3) is 0 Å². The van der Waals surface area contributed by atoms with E-state index in [1.165, 1.54) is 44.9 Å². The Kier molecular flexibility index (Phi) is 6.30. The minimum atomic E-state index is -0.871. The van der Waals surface area contributed by atoms with Gasteiger partial charge in [0.05, 0.1) is 6.61 Å². The molecule has 0 aromatic carbocycles. The fourth-order valence-electron chi connectivity index (χ4n) is 3.15. The molecule has 2 rings (SSSR count). The SMILES string of the molecule is O=C(O)C1(CCCOCCCC2CCCCCC2)CO1. The summed E-state index contributed by atoms with van der Waals surface area (Å²) in [5.41, 5.74) is -0.871. The van der Waals surface area contributed by atoms with Gasteiger partial charge in [-0.3, -0.25) is 0 Å². The van der Waals surface area contributed by atoms with Gasteiger partial charge in [0.15, 0.2) is 5.60 Å². The second kappa shape index (κ2) is 7.99. The predicted octanol–water partition coefficient (Wildman–Crippen LogP) is 3.39. The lowest BCUT2D eigenvalue weighted by Crippen LogP contribution is -2.24. The first kappa shape index (κ1) is 15.8. The van der Waals surface area contributed by atoms with Gasteiger partial charge in [-0.1, -0.05) is 38.5 Å². The van der Waals surface area contributed by atoms with Crippen LogP contribution in [-0.2, 0) is 14.3 Å². The molecule has 0 aromatic heterocycles. The van der Waals surface area contributed by atoms with Crippen LogP contribution in [0.15, 0.2) is 0 Å². The first-order valence-corrected chi connectivity index (χ1v) is 8.18. The fraction of sp³-hybridized carbons (Fsp3) is 0.938. The van der Waals surface area contributed by atoms with Gasteiger partial charge >= 0.3 is 5.97 Å². The molecule has 1 atom stereocenters. The van der Waals surface area contributed by atoms with Crippen LogP contribution in [0.4, 0.5) is 0 Å². The van der Waals surface area contributed by atoms with E-state index in [1.807, 2.05) is 0 Å². The summed E-state index contributed by atoms with van der Waals surface area (Å²) in [7, 11) is 0. The van der Waals surface area contributed by atoms with E-state index in [0.717, 1.165) is 25.4 Å². The Bertz CT molecular complexity index is 291. The molecule has 2 fully saturated rings. The molecular weight excluding hydrogens is 256 g/mol. The van der Waals surface area contributed by atoms with Crippen LogP contribution < -0.4 is 0 Å². The molecule has 2 aliphatic rings. The van der Waals surface area contributed by atoms with Gasteiger partial charge < -0.3 is 14.6 Å². The molecular formula is C16H28O4. The summed E-state index contributed by atoms with van der Waals surface area (Å²) in [6.45, 7) is 1.84. The van der Waals surface area contributed by atoms with Crippen molar-refractivity contribution in [1.82, 2.24) is 0 Å². The second-order valence-corrected chi connectivity index (χ2v) is 6.30. The molecule has 1 saturated carbocycles. The molecule has 0 radical (unpaired) electrons. The highest BCUT2D eigenvalue weighted by molar-refractivity contribution is 5.80. The standard InChI is InChI=1S/C16H28O4/c17-15(18)16(13-20-16)10-6-12-19-11-5-9-14-7-3-1-2-4-8-14/h14H,1-13H2,(H,17,18). The number of carbonyl (C=O) groups is 1. The van der Waals surface area contributed by atoms with E-state index in [-0.39, 0.29) is 0 Å². The lowest BCUT2D eigenvalue weighted by atomic mass is 9.95. The maximum Gasteiger partial charge on any atom is 0.338 e. The van der Waals surface area contributed by atoms with Gasteiger partial charge in [-0.15, -0.1) is 0 Å². The Labute approximate surface area is 121 Å². The fourth-order valence-corrected chi connectivity index (χ4v) is 3.15. The lowest BCUT2D eigenvalue weighted by Gasteiger charge is -2.13. The van der Waals surface area contributed by atoms with Gasteiger partial charge in [0.2, 0.25) is 0 Å². The van der Waals surface area contributed by atoms with Crippen LogP contribution in [0, 0.1) is 5.92 Å². The van der Waals surface area contributed by atoms with Gasteiger partial charge in [-0.05, 0) is 31.6 Å². The molecule has 0 bridgehead atoms. The highest BCUT2D eigenvalue weighted by Gasteiger charge is 2.51. The molecule has 0 amide bonds. The number of aliphatic carboxylic acids is 1. The average Bonchev–Trinajstić information content (AvgIpc) is 3.22. The van der Waals surface area contributed by atoms with Crippen molar-refractivity contribution in [2.24, 2.45) is 5.92 Å². The van der Waals surface area contributed by atoms with Crippen molar-refractivity contribution < 1.29 is 19.4 Å². The van der Waals surface area contributed by atoms with Crippen LogP contribution in [0.1, 0.15) is 64.2 Å². The van der Waals surface area contributed by atoms with Gasteiger partial charge in [0, 0.05) is 13.2 Å². The zero-order valence-corrected chi connectivity index (χ0v) is 12.4. The summed E-state index contributed by atoms with van der Waals surface area (Å²) in [5.74, 6) is 0.0853. The van der Waals surface area contributed by atoms with E-state index in [0.29, 0.717) is 19.6 Å². The molecule has 4 heteroatoms. The van der Waals surface area contributed by atoms with Gasteiger partial charge in [0.1, 0.15) is 0 Å². The monoisotopic (exact) mass is 284 g/mol. The quantitative estimate of drug-likeness (QED) is 0.400. The van der Waals surface area contributed by atoms with Crippen LogP contribution in [0.5, 0.6) is 0 Å². The molecule has 20 heavy (non-hydrogen) atoms. The van der Waals surface area contributed by atoms with E-state index in [1.54, 1.807) is 0 Å². The highest BCUT2D eigenvalue weighted by atomic mass is 16.6. The van der Waals surface area contributed by atoms with Crippen molar-refractivity contribution in [3.63, 3.8) is 0 Å². The summed E-state index contributed by atoms with van der Waals surface area (Å²) in [5, 5.41) is 8.95. The van der Waals surface area contributed by atoms with Gasteiger partial charge in [-0.25, -0.2) is 4.79 Å². The molecule has 1 aliphatic carbocycles. The molecule has 0 spiro atoms. The van der Waals surface area contributed by atoms with Gasteiger partial charge in [-0.2, -0.15) is 0 Å². The summed E-state index contributed by atoms with van der Waals surface area (Å²) >= 11 is 0. The number of epoxide rings is 1. The van der Waals surface area contributed by atoms with Crippen molar-refractivity contribution in [2.75, 3.05) is 19.8 Å². The maximum atomic E-state index is 10.9. The third-order valence-corrected chi connectivity index (χ3v) is 4.63. The normalized spacial score (nSPS) is 27.2. The molecule has 4 nitrogen and oxygen atoms in total. The zero-order valence-electron chi connectivity index (χ0n) is 12.4. The Balaban J connectivity index is 1.43. The van der Waals surface area contributed by atoms with Crippen LogP contribution in [0.3, 0.4) is 0 Å². The van der Waals surface area contributed by atoms with Crippen molar-refractivity contribution in [3.05, 3.63) is 0 Å². The van der Waals surface area contributed by atoms with Crippen molar-refractivity contribution in [1.29, 1.82) is 0 Å². The molecule has 116 valence electrons. The maximum absolute atomic E-state index is 10.9. The second-order valence-electron chi connectivity index (χ2n) is 6.30. The van der Waals surface area contributed by atoms with Crippen molar-refractivity contribution in [3.8, 4) is 0 Å². The largest absolute Gasteiger partial charge is 0.479 e. The smallest absolute Gasteiger partial charge is 0.338 e. The summed E-state index contributed by atoms with van der Waals surface area (Å²) in [4.78, 5) is 10.9. The summed E-state index contributed by atoms with van der Waals surface area (Å²) < 4.78 is 10.6. The third-order valence-electron chi connectivity index (χ3n) is 4.63. The van der Waals surface area contributed by atoms with E-state index in [9.17, 15) is 4.79 Å².